The average molecular weight is 335 g/mol. The van der Waals surface area contributed by atoms with Crippen LogP contribution in [-0.4, -0.2) is 66.5 Å². The lowest BCUT2D eigenvalue weighted by molar-refractivity contribution is 0.0769. The van der Waals surface area contributed by atoms with E-state index in [1.54, 1.807) is 0 Å². The normalized spacial score (nSPS) is 21.5. The summed E-state index contributed by atoms with van der Waals surface area (Å²) in [4.78, 5) is 20.3. The van der Waals surface area contributed by atoms with E-state index in [9.17, 15) is 4.79 Å². The highest BCUT2D eigenvalue weighted by Crippen LogP contribution is 2.20. The zero-order valence-corrected chi connectivity index (χ0v) is 14.5. The standard InChI is InChI=1S/C17H23ClN4O/c1-11(16-10-21(2)6-7-22(16)3)19-17(23)15-9-12-8-13(18)4-5-14(12)20-15/h4-5,8-9,11,16,20H,6-7,10H2,1-3H3,(H,19,23). The van der Waals surface area contributed by atoms with Gasteiger partial charge in [0.1, 0.15) is 5.69 Å². The van der Waals surface area contributed by atoms with Crippen LogP contribution in [0.5, 0.6) is 0 Å². The molecule has 0 spiro atoms. The van der Waals surface area contributed by atoms with E-state index >= 15 is 0 Å². The van der Waals surface area contributed by atoms with Crippen molar-refractivity contribution in [1.82, 2.24) is 20.1 Å². The predicted molar refractivity (Wildman–Crippen MR) is 94.2 cm³/mol. The van der Waals surface area contributed by atoms with Crippen molar-refractivity contribution < 1.29 is 4.79 Å². The first kappa shape index (κ1) is 16.3. The van der Waals surface area contributed by atoms with Crippen molar-refractivity contribution in [3.8, 4) is 0 Å². The van der Waals surface area contributed by atoms with Crippen molar-refractivity contribution in [2.45, 2.75) is 19.0 Å². The number of benzene rings is 1. The van der Waals surface area contributed by atoms with Crippen molar-refractivity contribution in [3.05, 3.63) is 35.0 Å². The van der Waals surface area contributed by atoms with Crippen LogP contribution in [0, 0.1) is 0 Å². The second kappa shape index (κ2) is 6.51. The number of piperazine rings is 1. The van der Waals surface area contributed by atoms with Gasteiger partial charge in [-0.15, -0.1) is 0 Å². The predicted octanol–water partition coefficient (Wildman–Crippen LogP) is 2.19. The van der Waals surface area contributed by atoms with Crippen molar-refractivity contribution in [2.24, 2.45) is 0 Å². The molecule has 2 heterocycles. The lowest BCUT2D eigenvalue weighted by Gasteiger charge is -2.40. The molecule has 0 bridgehead atoms. The average Bonchev–Trinajstić information content (AvgIpc) is 2.92. The van der Waals surface area contributed by atoms with E-state index < -0.39 is 0 Å². The summed E-state index contributed by atoms with van der Waals surface area (Å²) in [5.74, 6) is -0.0774. The minimum atomic E-state index is -0.0774. The van der Waals surface area contributed by atoms with Gasteiger partial charge in [-0.25, -0.2) is 0 Å². The minimum Gasteiger partial charge on any atom is -0.351 e. The first-order chi connectivity index (χ1) is 10.9. The number of carbonyl (C=O) groups is 1. The maximum Gasteiger partial charge on any atom is 0.267 e. The maximum absolute atomic E-state index is 12.5. The van der Waals surface area contributed by atoms with Crippen LogP contribution < -0.4 is 5.32 Å². The fraction of sp³-hybridized carbons (Fsp3) is 0.471. The van der Waals surface area contributed by atoms with Crippen molar-refractivity contribution in [2.75, 3.05) is 33.7 Å². The van der Waals surface area contributed by atoms with Gasteiger partial charge < -0.3 is 15.2 Å². The number of carbonyl (C=O) groups excluding carboxylic acids is 1. The van der Waals surface area contributed by atoms with Crippen LogP contribution in [0.4, 0.5) is 0 Å². The zero-order chi connectivity index (χ0) is 16.6. The molecule has 2 N–H and O–H groups in total. The van der Waals surface area contributed by atoms with E-state index in [2.05, 4.69) is 41.1 Å². The summed E-state index contributed by atoms with van der Waals surface area (Å²) in [6, 6.07) is 7.80. The molecule has 0 saturated carbocycles. The van der Waals surface area contributed by atoms with E-state index in [1.807, 2.05) is 24.3 Å². The number of aromatic nitrogens is 1. The van der Waals surface area contributed by atoms with Gasteiger partial charge in [-0.3, -0.25) is 9.69 Å². The summed E-state index contributed by atoms with van der Waals surface area (Å²) in [5.41, 5.74) is 1.49. The summed E-state index contributed by atoms with van der Waals surface area (Å²) in [5, 5.41) is 4.74. The number of hydrogen-bond acceptors (Lipinski definition) is 3. The second-order valence-corrected chi connectivity index (χ2v) is 6.92. The Kier molecular flexibility index (Phi) is 4.62. The Hall–Kier alpha value is -1.56. The van der Waals surface area contributed by atoms with Gasteiger partial charge in [0, 0.05) is 47.6 Å². The molecule has 2 atom stereocenters. The molecule has 1 aromatic heterocycles. The van der Waals surface area contributed by atoms with Gasteiger partial charge in [-0.1, -0.05) is 11.6 Å². The Balaban J connectivity index is 1.72. The number of amides is 1. The van der Waals surface area contributed by atoms with Crippen LogP contribution in [0.3, 0.4) is 0 Å². The lowest BCUT2D eigenvalue weighted by Crippen LogP contribution is -2.58. The largest absolute Gasteiger partial charge is 0.351 e. The van der Waals surface area contributed by atoms with Crippen molar-refractivity contribution in [1.29, 1.82) is 0 Å². The molecule has 6 heteroatoms. The van der Waals surface area contributed by atoms with Crippen LogP contribution in [0.2, 0.25) is 5.02 Å². The van der Waals surface area contributed by atoms with Crippen LogP contribution in [0.25, 0.3) is 10.9 Å². The Morgan fingerprint density at radius 2 is 2.13 bits per heavy atom. The Labute approximate surface area is 141 Å². The second-order valence-electron chi connectivity index (χ2n) is 6.49. The Morgan fingerprint density at radius 3 is 2.91 bits per heavy atom. The first-order valence-corrected chi connectivity index (χ1v) is 8.30. The van der Waals surface area contributed by atoms with Crippen LogP contribution in [0.1, 0.15) is 17.4 Å². The van der Waals surface area contributed by atoms with Gasteiger partial charge >= 0.3 is 0 Å². The molecular formula is C17H23ClN4O. The molecule has 2 aromatic rings. The van der Waals surface area contributed by atoms with E-state index in [-0.39, 0.29) is 11.9 Å². The molecule has 2 unspecified atom stereocenters. The van der Waals surface area contributed by atoms with Crippen LogP contribution in [-0.2, 0) is 0 Å². The van der Waals surface area contributed by atoms with Gasteiger partial charge in [-0.05, 0) is 45.3 Å². The summed E-state index contributed by atoms with van der Waals surface area (Å²) < 4.78 is 0. The van der Waals surface area contributed by atoms with Crippen LogP contribution >= 0.6 is 11.6 Å². The molecule has 0 aliphatic carbocycles. The summed E-state index contributed by atoms with van der Waals surface area (Å²) in [6.07, 6.45) is 0. The fourth-order valence-corrected chi connectivity index (χ4v) is 3.37. The SMILES string of the molecule is CC(NC(=O)c1cc2cc(Cl)ccc2[nH]1)C1CN(C)CCN1C. The number of nitrogens with zero attached hydrogens (tertiary/aromatic N) is 2. The number of fused-ring (bicyclic) bond motifs is 1. The smallest absolute Gasteiger partial charge is 0.267 e. The number of H-pyrrole nitrogens is 1. The quantitative estimate of drug-likeness (QED) is 0.904. The van der Waals surface area contributed by atoms with Gasteiger partial charge in [0.05, 0.1) is 0 Å². The topological polar surface area (TPSA) is 51.4 Å². The number of halogens is 1. The summed E-state index contributed by atoms with van der Waals surface area (Å²) >= 11 is 6.00. The molecule has 1 saturated heterocycles. The third-order valence-corrected chi connectivity index (χ3v) is 4.90. The number of nitrogens with one attached hydrogen (secondary N) is 2. The molecule has 23 heavy (non-hydrogen) atoms. The highest BCUT2D eigenvalue weighted by atomic mass is 35.5. The van der Waals surface area contributed by atoms with Gasteiger partial charge in [-0.2, -0.15) is 0 Å². The number of likely N-dealkylation sites (N-methyl/N-ethyl adjacent to an activating group) is 2. The third kappa shape index (κ3) is 3.52. The fourth-order valence-electron chi connectivity index (χ4n) is 3.19. The molecule has 3 rings (SSSR count). The summed E-state index contributed by atoms with van der Waals surface area (Å²) in [7, 11) is 4.24. The number of aromatic amines is 1. The molecule has 1 aromatic carbocycles. The highest BCUT2D eigenvalue weighted by molar-refractivity contribution is 6.31. The van der Waals surface area contributed by atoms with Crippen molar-refractivity contribution in [3.63, 3.8) is 0 Å². The Morgan fingerprint density at radius 1 is 1.35 bits per heavy atom. The van der Waals surface area contributed by atoms with Gasteiger partial charge in [0.25, 0.3) is 5.91 Å². The highest BCUT2D eigenvalue weighted by Gasteiger charge is 2.28. The molecule has 1 aliphatic rings. The molecule has 1 fully saturated rings. The zero-order valence-electron chi connectivity index (χ0n) is 13.8. The molecule has 5 nitrogen and oxygen atoms in total. The first-order valence-electron chi connectivity index (χ1n) is 7.92. The maximum atomic E-state index is 12.5. The monoisotopic (exact) mass is 334 g/mol. The molecule has 0 radical (unpaired) electrons. The number of hydrogen-bond donors (Lipinski definition) is 2. The Bertz CT molecular complexity index is 714. The van der Waals surface area contributed by atoms with E-state index in [0.717, 1.165) is 30.5 Å². The van der Waals surface area contributed by atoms with Crippen LogP contribution in [0.15, 0.2) is 24.3 Å². The lowest BCUT2D eigenvalue weighted by atomic mass is 10.1. The van der Waals surface area contributed by atoms with E-state index in [4.69, 9.17) is 11.6 Å². The summed E-state index contributed by atoms with van der Waals surface area (Å²) in [6.45, 7) is 5.11. The minimum absolute atomic E-state index is 0.0743. The van der Waals surface area contributed by atoms with E-state index in [0.29, 0.717) is 16.8 Å². The molecule has 124 valence electrons. The van der Waals surface area contributed by atoms with Gasteiger partial charge in [0.15, 0.2) is 0 Å². The van der Waals surface area contributed by atoms with Gasteiger partial charge in [0.2, 0.25) is 0 Å². The molecule has 1 amide bonds. The third-order valence-electron chi connectivity index (χ3n) is 4.66. The van der Waals surface area contributed by atoms with E-state index in [1.165, 1.54) is 0 Å². The molecular weight excluding hydrogens is 312 g/mol. The molecule has 1 aliphatic heterocycles. The van der Waals surface area contributed by atoms with Crippen molar-refractivity contribution >= 4 is 28.4 Å². The number of rotatable bonds is 3.